The standard InChI is InChI=1S/C14H12F3NO2S/c15-11-5-2-1-4-10(11)8-9-18-21(19,20)14-12(16)6-3-7-13(14)17/h1-7,18H,8-9H2. The van der Waals surface area contributed by atoms with E-state index < -0.39 is 32.4 Å². The largest absolute Gasteiger partial charge is 0.246 e. The molecule has 0 radical (unpaired) electrons. The Balaban J connectivity index is 2.11. The van der Waals surface area contributed by atoms with Gasteiger partial charge in [0.25, 0.3) is 0 Å². The number of rotatable bonds is 5. The Labute approximate surface area is 120 Å². The molecule has 0 saturated carbocycles. The summed E-state index contributed by atoms with van der Waals surface area (Å²) in [5.41, 5.74) is 0.314. The lowest BCUT2D eigenvalue weighted by atomic mass is 10.1. The zero-order valence-corrected chi connectivity index (χ0v) is 11.6. The van der Waals surface area contributed by atoms with Crippen molar-refractivity contribution in [3.63, 3.8) is 0 Å². The Kier molecular flexibility index (Phi) is 4.64. The first-order valence-electron chi connectivity index (χ1n) is 6.09. The highest BCUT2D eigenvalue weighted by Crippen LogP contribution is 2.18. The molecule has 0 aliphatic rings. The zero-order valence-electron chi connectivity index (χ0n) is 10.8. The van der Waals surface area contributed by atoms with Gasteiger partial charge in [-0.15, -0.1) is 0 Å². The normalized spacial score (nSPS) is 11.6. The van der Waals surface area contributed by atoms with E-state index in [0.29, 0.717) is 5.56 Å². The minimum atomic E-state index is -4.33. The van der Waals surface area contributed by atoms with E-state index in [-0.39, 0.29) is 13.0 Å². The number of hydrogen-bond donors (Lipinski definition) is 1. The minimum Gasteiger partial charge on any atom is -0.211 e. The molecule has 0 bridgehead atoms. The Hall–Kier alpha value is -1.86. The third kappa shape index (κ3) is 3.62. The monoisotopic (exact) mass is 315 g/mol. The van der Waals surface area contributed by atoms with Gasteiger partial charge in [0, 0.05) is 6.54 Å². The summed E-state index contributed by atoms with van der Waals surface area (Å²) < 4.78 is 66.0. The van der Waals surface area contributed by atoms with E-state index in [1.807, 2.05) is 0 Å². The first-order valence-corrected chi connectivity index (χ1v) is 7.57. The first-order chi connectivity index (χ1) is 9.92. The van der Waals surface area contributed by atoms with Gasteiger partial charge in [-0.3, -0.25) is 0 Å². The molecule has 2 aromatic rings. The molecule has 1 N–H and O–H groups in total. The maximum absolute atomic E-state index is 13.4. The van der Waals surface area contributed by atoms with Crippen LogP contribution in [-0.2, 0) is 16.4 Å². The van der Waals surface area contributed by atoms with Crippen molar-refractivity contribution >= 4 is 10.0 Å². The molecule has 112 valence electrons. The van der Waals surface area contributed by atoms with Crippen LogP contribution in [0.25, 0.3) is 0 Å². The molecule has 0 amide bonds. The van der Waals surface area contributed by atoms with Crippen molar-refractivity contribution in [2.75, 3.05) is 6.54 Å². The summed E-state index contributed by atoms with van der Waals surface area (Å²) in [4.78, 5) is -1.03. The lowest BCUT2D eigenvalue weighted by Gasteiger charge is -2.09. The molecule has 7 heteroatoms. The molecular weight excluding hydrogens is 303 g/mol. The van der Waals surface area contributed by atoms with E-state index in [0.717, 1.165) is 18.2 Å². The van der Waals surface area contributed by atoms with Crippen molar-refractivity contribution in [3.05, 3.63) is 65.5 Å². The number of sulfonamides is 1. The first kappa shape index (κ1) is 15.5. The van der Waals surface area contributed by atoms with Crippen LogP contribution in [0.4, 0.5) is 13.2 Å². The van der Waals surface area contributed by atoms with Gasteiger partial charge in [-0.1, -0.05) is 24.3 Å². The Morgan fingerprint density at radius 3 is 2.05 bits per heavy atom. The molecule has 2 aromatic carbocycles. The van der Waals surface area contributed by atoms with Crippen LogP contribution in [0.15, 0.2) is 47.4 Å². The molecule has 0 spiro atoms. The van der Waals surface area contributed by atoms with Gasteiger partial charge in [0.2, 0.25) is 10.0 Å². The van der Waals surface area contributed by atoms with E-state index in [4.69, 9.17) is 0 Å². The lowest BCUT2D eigenvalue weighted by Crippen LogP contribution is -2.27. The predicted octanol–water partition coefficient (Wildman–Crippen LogP) is 2.62. The summed E-state index contributed by atoms with van der Waals surface area (Å²) in [6, 6.07) is 8.67. The van der Waals surface area contributed by atoms with Gasteiger partial charge in [-0.2, -0.15) is 0 Å². The maximum Gasteiger partial charge on any atom is 0.246 e. The molecule has 0 fully saturated rings. The SMILES string of the molecule is O=S(=O)(NCCc1ccccc1F)c1c(F)cccc1F. The molecule has 0 atom stereocenters. The van der Waals surface area contributed by atoms with Crippen LogP contribution in [-0.4, -0.2) is 15.0 Å². The molecule has 0 aromatic heterocycles. The highest BCUT2D eigenvalue weighted by Gasteiger charge is 2.23. The van der Waals surface area contributed by atoms with Crippen LogP contribution in [0.1, 0.15) is 5.56 Å². The number of hydrogen-bond acceptors (Lipinski definition) is 2. The summed E-state index contributed by atoms with van der Waals surface area (Å²) in [5.74, 6) is -2.81. The fourth-order valence-corrected chi connectivity index (χ4v) is 3.00. The van der Waals surface area contributed by atoms with Gasteiger partial charge in [0.15, 0.2) is 4.90 Å². The fraction of sp³-hybridized carbons (Fsp3) is 0.143. The Morgan fingerprint density at radius 2 is 1.43 bits per heavy atom. The predicted molar refractivity (Wildman–Crippen MR) is 71.7 cm³/mol. The highest BCUT2D eigenvalue weighted by molar-refractivity contribution is 7.89. The van der Waals surface area contributed by atoms with E-state index >= 15 is 0 Å². The minimum absolute atomic E-state index is 0.0714. The lowest BCUT2D eigenvalue weighted by molar-refractivity contribution is 0.513. The fourth-order valence-electron chi connectivity index (χ4n) is 1.83. The van der Waals surface area contributed by atoms with Gasteiger partial charge in [0.1, 0.15) is 17.5 Å². The summed E-state index contributed by atoms with van der Waals surface area (Å²) in [5, 5.41) is 0. The van der Waals surface area contributed by atoms with E-state index in [1.165, 1.54) is 18.2 Å². The van der Waals surface area contributed by atoms with Crippen LogP contribution in [0, 0.1) is 17.5 Å². The smallest absolute Gasteiger partial charge is 0.211 e. The zero-order chi connectivity index (χ0) is 15.5. The second kappa shape index (κ2) is 6.28. The van der Waals surface area contributed by atoms with Gasteiger partial charge in [-0.25, -0.2) is 26.3 Å². The van der Waals surface area contributed by atoms with Gasteiger partial charge in [0.05, 0.1) is 0 Å². The van der Waals surface area contributed by atoms with Gasteiger partial charge < -0.3 is 0 Å². The van der Waals surface area contributed by atoms with Crippen molar-refractivity contribution < 1.29 is 21.6 Å². The molecule has 21 heavy (non-hydrogen) atoms. The van der Waals surface area contributed by atoms with Crippen LogP contribution in [0.2, 0.25) is 0 Å². The summed E-state index contributed by atoms with van der Waals surface area (Å²) in [7, 11) is -4.33. The molecular formula is C14H12F3NO2S. The van der Waals surface area contributed by atoms with Crippen molar-refractivity contribution in [2.24, 2.45) is 0 Å². The van der Waals surface area contributed by atoms with Crippen LogP contribution in [0.3, 0.4) is 0 Å². The van der Waals surface area contributed by atoms with Crippen molar-refractivity contribution in [2.45, 2.75) is 11.3 Å². The highest BCUT2D eigenvalue weighted by atomic mass is 32.2. The van der Waals surface area contributed by atoms with E-state index in [2.05, 4.69) is 4.72 Å². The van der Waals surface area contributed by atoms with Crippen LogP contribution >= 0.6 is 0 Å². The second-order valence-corrected chi connectivity index (χ2v) is 5.99. The Morgan fingerprint density at radius 1 is 0.857 bits per heavy atom. The Bertz CT molecular complexity index is 727. The van der Waals surface area contributed by atoms with Gasteiger partial charge >= 0.3 is 0 Å². The topological polar surface area (TPSA) is 46.2 Å². The second-order valence-electron chi connectivity index (χ2n) is 4.29. The third-order valence-electron chi connectivity index (χ3n) is 2.83. The summed E-state index contributed by atoms with van der Waals surface area (Å²) in [6.45, 7) is -0.170. The summed E-state index contributed by atoms with van der Waals surface area (Å²) >= 11 is 0. The molecule has 3 nitrogen and oxygen atoms in total. The molecule has 0 unspecified atom stereocenters. The van der Waals surface area contributed by atoms with Crippen molar-refractivity contribution in [3.8, 4) is 0 Å². The molecule has 2 rings (SSSR count). The molecule has 0 aliphatic carbocycles. The van der Waals surface area contributed by atoms with Gasteiger partial charge in [-0.05, 0) is 30.2 Å². The molecule has 0 saturated heterocycles. The molecule has 0 aliphatic heterocycles. The third-order valence-corrected chi connectivity index (χ3v) is 4.34. The van der Waals surface area contributed by atoms with E-state index in [9.17, 15) is 21.6 Å². The summed E-state index contributed by atoms with van der Waals surface area (Å²) in [6.07, 6.45) is 0.0714. The van der Waals surface area contributed by atoms with E-state index in [1.54, 1.807) is 6.07 Å². The number of benzene rings is 2. The average molecular weight is 315 g/mol. The number of nitrogens with one attached hydrogen (secondary N) is 1. The maximum atomic E-state index is 13.4. The van der Waals surface area contributed by atoms with Crippen molar-refractivity contribution in [1.82, 2.24) is 4.72 Å². The van der Waals surface area contributed by atoms with Crippen LogP contribution in [0.5, 0.6) is 0 Å². The quantitative estimate of drug-likeness (QED) is 0.922. The average Bonchev–Trinajstić information content (AvgIpc) is 2.40. The van der Waals surface area contributed by atoms with Crippen LogP contribution < -0.4 is 4.72 Å². The van der Waals surface area contributed by atoms with Crippen molar-refractivity contribution in [1.29, 1.82) is 0 Å². The molecule has 0 heterocycles. The number of halogens is 3.